The van der Waals surface area contributed by atoms with Crippen LogP contribution in [0.3, 0.4) is 0 Å². The van der Waals surface area contributed by atoms with Gasteiger partial charge >= 0.3 is 6.18 Å². The molecule has 1 amide bonds. The van der Waals surface area contributed by atoms with Gasteiger partial charge in [0.15, 0.2) is 11.6 Å². The van der Waals surface area contributed by atoms with Gasteiger partial charge in [0.05, 0.1) is 34.8 Å². The molecule has 5 rings (SSSR count). The van der Waals surface area contributed by atoms with Crippen molar-refractivity contribution in [3.05, 3.63) is 81.3 Å². The van der Waals surface area contributed by atoms with E-state index in [2.05, 4.69) is 15.3 Å². The highest BCUT2D eigenvalue weighted by Crippen LogP contribution is 2.39. The normalized spacial score (nSPS) is 18.0. The average Bonchev–Trinajstić information content (AvgIpc) is 2.96. The number of rotatable bonds is 5. The molecule has 0 unspecified atom stereocenters. The van der Waals surface area contributed by atoms with Gasteiger partial charge in [-0.2, -0.15) is 13.2 Å². The first-order chi connectivity index (χ1) is 20.3. The van der Waals surface area contributed by atoms with Gasteiger partial charge in [-0.1, -0.05) is 6.08 Å². The van der Waals surface area contributed by atoms with E-state index >= 15 is 8.78 Å². The fourth-order valence-electron chi connectivity index (χ4n) is 5.18. The highest BCUT2D eigenvalue weighted by Gasteiger charge is 2.37. The van der Waals surface area contributed by atoms with Crippen LogP contribution in [0.1, 0.15) is 34.8 Å². The van der Waals surface area contributed by atoms with Crippen molar-refractivity contribution in [2.75, 3.05) is 54.9 Å². The molecule has 1 aromatic carbocycles. The van der Waals surface area contributed by atoms with Crippen molar-refractivity contribution < 1.29 is 31.1 Å². The van der Waals surface area contributed by atoms with E-state index in [-0.39, 0.29) is 35.9 Å². The maximum atomic E-state index is 16.5. The number of H-pyrrole nitrogens is 1. The lowest BCUT2D eigenvalue weighted by atomic mass is 9.97. The van der Waals surface area contributed by atoms with Crippen LogP contribution in [0.4, 0.5) is 43.7 Å². The lowest BCUT2D eigenvalue weighted by Gasteiger charge is -2.40. The molecule has 1 atom stereocenters. The Bertz CT molecular complexity index is 1620. The van der Waals surface area contributed by atoms with Crippen molar-refractivity contribution in [3.8, 4) is 0 Å². The van der Waals surface area contributed by atoms with Crippen LogP contribution >= 0.6 is 0 Å². The van der Waals surface area contributed by atoms with Gasteiger partial charge in [0, 0.05) is 57.1 Å². The number of anilines is 3. The second-order valence-corrected chi connectivity index (χ2v) is 10.4. The third-order valence-corrected chi connectivity index (χ3v) is 7.57. The van der Waals surface area contributed by atoms with E-state index in [1.54, 1.807) is 15.9 Å². The van der Waals surface area contributed by atoms with Gasteiger partial charge < -0.3 is 25.0 Å². The largest absolute Gasteiger partial charge is 0.417 e. The molecule has 2 aliphatic heterocycles. The quantitative estimate of drug-likeness (QED) is 0.418. The van der Waals surface area contributed by atoms with Crippen molar-refractivity contribution in [2.24, 2.45) is 0 Å². The van der Waals surface area contributed by atoms with E-state index in [0.717, 1.165) is 18.5 Å². The number of likely N-dealkylation sites (N-methyl/N-ethyl adjacent to an activating group) is 1. The predicted octanol–water partition coefficient (Wildman–Crippen LogP) is 4.29. The molecule has 4 heterocycles. The molecule has 43 heavy (non-hydrogen) atoms. The summed E-state index contributed by atoms with van der Waals surface area (Å²) in [5, 5.41) is 2.24. The molecule has 2 aromatic heterocycles. The van der Waals surface area contributed by atoms with Crippen LogP contribution in [0.25, 0.3) is 5.57 Å². The molecule has 0 saturated carbocycles. The molecule has 0 aliphatic carbocycles. The van der Waals surface area contributed by atoms with Gasteiger partial charge in [0.2, 0.25) is 11.5 Å². The maximum absolute atomic E-state index is 16.5. The predicted molar refractivity (Wildman–Crippen MR) is 147 cm³/mol. The van der Waals surface area contributed by atoms with Crippen molar-refractivity contribution in [1.82, 2.24) is 19.9 Å². The van der Waals surface area contributed by atoms with Crippen molar-refractivity contribution in [2.45, 2.75) is 25.6 Å². The Morgan fingerprint density at radius 1 is 1.07 bits per heavy atom. The number of aromatic nitrogens is 3. The standard InChI is InChI=1S/C28H27F6N7O2/c1-15-13-40(7-6-39(15)2)21-9-20(30)23(16-4-3-5-41(14-16)27-36-10-17(29)11-37-27)24(31)25(21)38-26(43)18-12-35-22(42)8-19(18)28(32,33)34/h4,8-12,15H,3,5-7,13-14H2,1-2H3,(H,35,42)(H,38,43)/t15-/m0/s1. The number of hydrogen-bond donors (Lipinski definition) is 2. The monoisotopic (exact) mass is 607 g/mol. The van der Waals surface area contributed by atoms with E-state index in [9.17, 15) is 27.2 Å². The number of carbonyl (C=O) groups excluding carboxylic acids is 1. The Morgan fingerprint density at radius 2 is 1.79 bits per heavy atom. The average molecular weight is 608 g/mol. The molecule has 228 valence electrons. The summed E-state index contributed by atoms with van der Waals surface area (Å²) >= 11 is 0. The summed E-state index contributed by atoms with van der Waals surface area (Å²) in [4.78, 5) is 40.0. The number of pyridine rings is 1. The van der Waals surface area contributed by atoms with Crippen molar-refractivity contribution in [1.29, 1.82) is 0 Å². The molecule has 2 N–H and O–H groups in total. The Hall–Kier alpha value is -4.40. The Labute approximate surface area is 241 Å². The number of nitrogens with one attached hydrogen (secondary N) is 2. The van der Waals surface area contributed by atoms with Gasteiger partial charge in [-0.15, -0.1) is 0 Å². The summed E-state index contributed by atoms with van der Waals surface area (Å²) < 4.78 is 86.7. The smallest absolute Gasteiger partial charge is 0.367 e. The molecule has 1 fully saturated rings. The molecule has 9 nitrogen and oxygen atoms in total. The van der Waals surface area contributed by atoms with Gasteiger partial charge in [-0.05, 0) is 26.0 Å². The van der Waals surface area contributed by atoms with Crippen LogP contribution in [-0.4, -0.2) is 71.6 Å². The van der Waals surface area contributed by atoms with E-state index in [4.69, 9.17) is 0 Å². The molecular weight excluding hydrogens is 580 g/mol. The number of nitrogens with zero attached hydrogens (tertiary/aromatic N) is 5. The number of benzene rings is 1. The van der Waals surface area contributed by atoms with Gasteiger partial charge in [-0.3, -0.25) is 9.59 Å². The minimum atomic E-state index is -5.05. The Kier molecular flexibility index (Phi) is 8.18. The number of halogens is 6. The molecule has 0 bridgehead atoms. The zero-order valence-electron chi connectivity index (χ0n) is 23.1. The van der Waals surface area contributed by atoms with Crippen molar-refractivity contribution >= 4 is 28.8 Å². The summed E-state index contributed by atoms with van der Waals surface area (Å²) in [6.07, 6.45) is -0.582. The van der Waals surface area contributed by atoms with E-state index in [1.165, 1.54) is 0 Å². The molecule has 2 aliphatic rings. The highest BCUT2D eigenvalue weighted by atomic mass is 19.4. The number of piperazine rings is 1. The summed E-state index contributed by atoms with van der Waals surface area (Å²) in [6.45, 7) is 3.40. The SMILES string of the molecule is C[C@H]1CN(c2cc(F)c(C3=CCCN(c4ncc(F)cn4)C3)c(F)c2NC(=O)c2c[nH]c(=O)cc2C(F)(F)F)CCN1C. The highest BCUT2D eigenvalue weighted by molar-refractivity contribution is 6.07. The lowest BCUT2D eigenvalue weighted by molar-refractivity contribution is -0.138. The van der Waals surface area contributed by atoms with Crippen LogP contribution in [-0.2, 0) is 6.18 Å². The molecule has 3 aromatic rings. The second-order valence-electron chi connectivity index (χ2n) is 10.4. The number of hydrogen-bond acceptors (Lipinski definition) is 7. The summed E-state index contributed by atoms with van der Waals surface area (Å²) in [7, 11) is 1.88. The summed E-state index contributed by atoms with van der Waals surface area (Å²) in [5.74, 6) is -3.98. The minimum absolute atomic E-state index is 0.0375. The molecule has 15 heteroatoms. The van der Waals surface area contributed by atoms with E-state index < -0.39 is 57.5 Å². The van der Waals surface area contributed by atoms with Gasteiger partial charge in [0.1, 0.15) is 11.5 Å². The number of aromatic amines is 1. The maximum Gasteiger partial charge on any atom is 0.417 e. The van der Waals surface area contributed by atoms with E-state index in [1.807, 2.05) is 23.9 Å². The molecule has 1 saturated heterocycles. The van der Waals surface area contributed by atoms with Gasteiger partial charge in [-0.25, -0.2) is 23.1 Å². The first-order valence-corrected chi connectivity index (χ1v) is 13.3. The number of carbonyl (C=O) groups is 1. The molecule has 0 radical (unpaired) electrons. The molecule has 0 spiro atoms. The topological polar surface area (TPSA) is 97.5 Å². The zero-order valence-corrected chi connectivity index (χ0v) is 23.1. The fourth-order valence-corrected chi connectivity index (χ4v) is 5.18. The van der Waals surface area contributed by atoms with Crippen LogP contribution in [0.2, 0.25) is 0 Å². The minimum Gasteiger partial charge on any atom is -0.367 e. The van der Waals surface area contributed by atoms with Crippen molar-refractivity contribution in [3.63, 3.8) is 0 Å². The first-order valence-electron chi connectivity index (χ1n) is 13.3. The first kappa shape index (κ1) is 30.1. The third kappa shape index (κ3) is 6.21. The van der Waals surface area contributed by atoms with Crippen LogP contribution in [0.15, 0.2) is 41.6 Å². The third-order valence-electron chi connectivity index (χ3n) is 7.57. The van der Waals surface area contributed by atoms with E-state index in [0.29, 0.717) is 38.8 Å². The van der Waals surface area contributed by atoms with Crippen LogP contribution in [0.5, 0.6) is 0 Å². The lowest BCUT2D eigenvalue weighted by Crippen LogP contribution is -2.50. The zero-order chi connectivity index (χ0) is 31.1. The second kappa shape index (κ2) is 11.7. The Morgan fingerprint density at radius 3 is 2.47 bits per heavy atom. The molecular formula is C28H27F6N7O2. The number of amides is 1. The van der Waals surface area contributed by atoms with Gasteiger partial charge in [0.25, 0.3) is 5.91 Å². The van der Waals surface area contributed by atoms with Crippen LogP contribution < -0.4 is 20.7 Å². The van der Waals surface area contributed by atoms with Crippen LogP contribution in [0, 0.1) is 17.5 Å². The summed E-state index contributed by atoms with van der Waals surface area (Å²) in [5.41, 5.74) is -4.37. The summed E-state index contributed by atoms with van der Waals surface area (Å²) in [6, 6.07) is 1.26. The number of alkyl halides is 3. The fraction of sp³-hybridized carbons (Fsp3) is 0.357. The Balaban J connectivity index is 1.58.